The zero-order valence-corrected chi connectivity index (χ0v) is 15.5. The van der Waals surface area contributed by atoms with Crippen molar-refractivity contribution in [3.05, 3.63) is 64.4 Å². The van der Waals surface area contributed by atoms with Crippen molar-refractivity contribution in [2.24, 2.45) is 0 Å². The molecule has 1 saturated heterocycles. The van der Waals surface area contributed by atoms with Crippen molar-refractivity contribution in [2.75, 3.05) is 26.2 Å². The molecule has 5 heteroatoms. The van der Waals surface area contributed by atoms with Crippen LogP contribution in [0, 0.1) is 0 Å². The number of pyridine rings is 1. The van der Waals surface area contributed by atoms with Crippen LogP contribution in [-0.4, -0.2) is 46.9 Å². The Kier molecular flexibility index (Phi) is 5.71. The van der Waals surface area contributed by atoms with Gasteiger partial charge in [0.2, 0.25) is 0 Å². The van der Waals surface area contributed by atoms with Gasteiger partial charge in [-0.05, 0) is 29.2 Å². The second kappa shape index (κ2) is 7.98. The van der Waals surface area contributed by atoms with E-state index in [-0.39, 0.29) is 5.91 Å². The maximum Gasteiger partial charge on any atom is 0.272 e. The minimum atomic E-state index is -0.0385. The molecule has 0 radical (unpaired) electrons. The second-order valence-corrected chi connectivity index (χ2v) is 7.26. The number of amides is 1. The Morgan fingerprint density at radius 1 is 1.12 bits per heavy atom. The second-order valence-electron chi connectivity index (χ2n) is 6.82. The summed E-state index contributed by atoms with van der Waals surface area (Å²) >= 11 is 5.95. The molecule has 0 saturated carbocycles. The third-order valence-corrected chi connectivity index (χ3v) is 4.89. The molecule has 1 aliphatic heterocycles. The van der Waals surface area contributed by atoms with Crippen LogP contribution < -0.4 is 0 Å². The number of carbonyl (C=O) groups excluding carboxylic acids is 1. The minimum absolute atomic E-state index is 0.0385. The third kappa shape index (κ3) is 4.59. The van der Waals surface area contributed by atoms with Crippen molar-refractivity contribution in [1.29, 1.82) is 0 Å². The largest absolute Gasteiger partial charge is 0.335 e. The lowest BCUT2D eigenvalue weighted by atomic mass is 10.0. The molecule has 0 unspecified atom stereocenters. The number of rotatable bonds is 4. The number of halogens is 1. The van der Waals surface area contributed by atoms with Crippen LogP contribution in [-0.2, 0) is 6.54 Å². The number of aromatic nitrogens is 1. The molecule has 0 spiro atoms. The minimum Gasteiger partial charge on any atom is -0.335 e. The van der Waals surface area contributed by atoms with Crippen molar-refractivity contribution >= 4 is 17.5 Å². The zero-order chi connectivity index (χ0) is 17.8. The summed E-state index contributed by atoms with van der Waals surface area (Å²) in [7, 11) is 0. The van der Waals surface area contributed by atoms with Gasteiger partial charge in [-0.3, -0.25) is 14.7 Å². The number of carbonyl (C=O) groups is 1. The van der Waals surface area contributed by atoms with E-state index in [0.29, 0.717) is 16.6 Å². The van der Waals surface area contributed by atoms with E-state index in [4.69, 9.17) is 11.6 Å². The highest BCUT2D eigenvalue weighted by Crippen LogP contribution is 2.17. The molecule has 1 aromatic heterocycles. The molecule has 1 aromatic carbocycles. The number of nitrogens with zero attached hydrogens (tertiary/aromatic N) is 3. The molecule has 3 rings (SSSR count). The monoisotopic (exact) mass is 357 g/mol. The van der Waals surface area contributed by atoms with Crippen molar-refractivity contribution < 1.29 is 4.79 Å². The summed E-state index contributed by atoms with van der Waals surface area (Å²) < 4.78 is 0. The summed E-state index contributed by atoms with van der Waals surface area (Å²) in [6.07, 6.45) is 1.58. The summed E-state index contributed by atoms with van der Waals surface area (Å²) in [4.78, 5) is 20.9. The van der Waals surface area contributed by atoms with Crippen LogP contribution in [0.5, 0.6) is 0 Å². The average Bonchev–Trinajstić information content (AvgIpc) is 2.62. The predicted octanol–water partition coefficient (Wildman–Crippen LogP) is 3.82. The lowest BCUT2D eigenvalue weighted by molar-refractivity contribution is 0.0622. The van der Waals surface area contributed by atoms with Crippen LogP contribution in [0.15, 0.2) is 42.6 Å². The molecule has 0 N–H and O–H groups in total. The highest BCUT2D eigenvalue weighted by Gasteiger charge is 2.23. The Hall–Kier alpha value is -1.91. The molecule has 2 heterocycles. The van der Waals surface area contributed by atoms with Crippen molar-refractivity contribution in [3.8, 4) is 0 Å². The summed E-state index contributed by atoms with van der Waals surface area (Å²) in [6.45, 7) is 8.53. The summed E-state index contributed by atoms with van der Waals surface area (Å²) in [5, 5.41) is 0.543. The van der Waals surface area contributed by atoms with Gasteiger partial charge in [-0.2, -0.15) is 0 Å². The molecule has 1 fully saturated rings. The molecule has 1 aliphatic rings. The topological polar surface area (TPSA) is 36.4 Å². The van der Waals surface area contributed by atoms with Gasteiger partial charge in [0.25, 0.3) is 5.91 Å². The molecule has 0 bridgehead atoms. The van der Waals surface area contributed by atoms with Gasteiger partial charge in [0, 0.05) is 43.9 Å². The lowest BCUT2D eigenvalue weighted by Gasteiger charge is -2.34. The maximum atomic E-state index is 12.5. The quantitative estimate of drug-likeness (QED) is 0.834. The Morgan fingerprint density at radius 2 is 1.80 bits per heavy atom. The highest BCUT2D eigenvalue weighted by molar-refractivity contribution is 6.30. The van der Waals surface area contributed by atoms with Gasteiger partial charge < -0.3 is 4.90 Å². The van der Waals surface area contributed by atoms with Gasteiger partial charge in [0.05, 0.1) is 0 Å². The SMILES string of the molecule is CC(C)c1ccc(CN2CCN(C(=O)c3cc(Cl)ccn3)CC2)cc1. The molecule has 25 heavy (non-hydrogen) atoms. The van der Waals surface area contributed by atoms with Gasteiger partial charge in [0.15, 0.2) is 0 Å². The fourth-order valence-electron chi connectivity index (χ4n) is 3.06. The van der Waals surface area contributed by atoms with Crippen LogP contribution in [0.4, 0.5) is 0 Å². The maximum absolute atomic E-state index is 12.5. The summed E-state index contributed by atoms with van der Waals surface area (Å²) in [6, 6.07) is 12.2. The summed E-state index contributed by atoms with van der Waals surface area (Å²) in [5.74, 6) is 0.521. The summed E-state index contributed by atoms with van der Waals surface area (Å²) in [5.41, 5.74) is 3.11. The molecule has 2 aromatic rings. The fraction of sp³-hybridized carbons (Fsp3) is 0.400. The molecular formula is C20H24ClN3O. The van der Waals surface area contributed by atoms with Gasteiger partial charge in [-0.25, -0.2) is 0 Å². The smallest absolute Gasteiger partial charge is 0.272 e. The number of hydrogen-bond acceptors (Lipinski definition) is 3. The van der Waals surface area contributed by atoms with E-state index in [1.165, 1.54) is 11.1 Å². The van der Waals surface area contributed by atoms with Crippen LogP contribution in [0.25, 0.3) is 0 Å². The van der Waals surface area contributed by atoms with E-state index in [2.05, 4.69) is 48.0 Å². The Bertz CT molecular complexity index is 722. The van der Waals surface area contributed by atoms with Crippen molar-refractivity contribution in [2.45, 2.75) is 26.3 Å². The van der Waals surface area contributed by atoms with E-state index < -0.39 is 0 Å². The number of piperazine rings is 1. The highest BCUT2D eigenvalue weighted by atomic mass is 35.5. The molecule has 132 valence electrons. The molecule has 1 amide bonds. The van der Waals surface area contributed by atoms with Crippen LogP contribution >= 0.6 is 11.6 Å². The first-order chi connectivity index (χ1) is 12.0. The fourth-order valence-corrected chi connectivity index (χ4v) is 3.22. The average molecular weight is 358 g/mol. The van der Waals surface area contributed by atoms with Crippen LogP contribution in [0.1, 0.15) is 41.4 Å². The van der Waals surface area contributed by atoms with Gasteiger partial charge >= 0.3 is 0 Å². The molecular weight excluding hydrogens is 334 g/mol. The van der Waals surface area contributed by atoms with Gasteiger partial charge in [0.1, 0.15) is 5.69 Å². The predicted molar refractivity (Wildman–Crippen MR) is 101 cm³/mol. The first-order valence-electron chi connectivity index (χ1n) is 8.75. The lowest BCUT2D eigenvalue weighted by Crippen LogP contribution is -2.48. The Balaban J connectivity index is 1.54. The van der Waals surface area contributed by atoms with E-state index in [1.54, 1.807) is 18.3 Å². The van der Waals surface area contributed by atoms with E-state index >= 15 is 0 Å². The van der Waals surface area contributed by atoms with E-state index in [0.717, 1.165) is 32.7 Å². The zero-order valence-electron chi connectivity index (χ0n) is 14.8. The van der Waals surface area contributed by atoms with Crippen molar-refractivity contribution in [3.63, 3.8) is 0 Å². The first kappa shape index (κ1) is 17.9. The van der Waals surface area contributed by atoms with Crippen LogP contribution in [0.3, 0.4) is 0 Å². The number of hydrogen-bond donors (Lipinski definition) is 0. The Morgan fingerprint density at radius 3 is 2.40 bits per heavy atom. The molecule has 0 atom stereocenters. The third-order valence-electron chi connectivity index (χ3n) is 4.65. The van der Waals surface area contributed by atoms with E-state index in [9.17, 15) is 4.79 Å². The van der Waals surface area contributed by atoms with Crippen LogP contribution in [0.2, 0.25) is 5.02 Å². The number of benzene rings is 1. The van der Waals surface area contributed by atoms with Gasteiger partial charge in [-0.15, -0.1) is 0 Å². The normalized spacial score (nSPS) is 15.6. The standard InChI is InChI=1S/C20H24ClN3O/c1-15(2)17-5-3-16(4-6-17)14-23-9-11-24(12-10-23)20(25)19-13-18(21)7-8-22-19/h3-8,13,15H,9-12,14H2,1-2H3. The Labute approximate surface area is 154 Å². The van der Waals surface area contributed by atoms with Gasteiger partial charge in [-0.1, -0.05) is 49.7 Å². The molecule has 0 aliphatic carbocycles. The van der Waals surface area contributed by atoms with Crippen molar-refractivity contribution in [1.82, 2.24) is 14.8 Å². The van der Waals surface area contributed by atoms with E-state index in [1.807, 2.05) is 4.90 Å². The molecule has 4 nitrogen and oxygen atoms in total. The first-order valence-corrected chi connectivity index (χ1v) is 9.13.